The Labute approximate surface area is 116 Å². The first kappa shape index (κ1) is 15.3. The Balaban J connectivity index is 3.00. The number of hydrogen-bond acceptors (Lipinski definition) is 6. The lowest BCUT2D eigenvalue weighted by Gasteiger charge is -2.11. The topological polar surface area (TPSA) is 122 Å². The van der Waals surface area contributed by atoms with E-state index in [4.69, 9.17) is 20.9 Å². The van der Waals surface area contributed by atoms with E-state index in [1.54, 1.807) is 18.2 Å². The van der Waals surface area contributed by atoms with Crippen LogP contribution in [0.15, 0.2) is 28.4 Å². The van der Waals surface area contributed by atoms with Gasteiger partial charge in [0.1, 0.15) is 0 Å². The molecule has 0 amide bonds. The lowest BCUT2D eigenvalue weighted by atomic mass is 10.2. The third-order valence-electron chi connectivity index (χ3n) is 2.16. The molecule has 1 aromatic rings. The van der Waals surface area contributed by atoms with Crippen LogP contribution in [0.3, 0.4) is 0 Å². The predicted octanol–water partition coefficient (Wildman–Crippen LogP) is -0.146. The maximum absolute atomic E-state index is 11.1. The summed E-state index contributed by atoms with van der Waals surface area (Å²) in [5.41, 5.74) is 10.9. The van der Waals surface area contributed by atoms with Crippen molar-refractivity contribution in [1.82, 2.24) is 0 Å². The zero-order chi connectivity index (χ0) is 15.0. The smallest absolute Gasteiger partial charge is 0.343 e. The summed E-state index contributed by atoms with van der Waals surface area (Å²) >= 11 is 0. The Hall–Kier alpha value is -2.77. The van der Waals surface area contributed by atoms with Gasteiger partial charge in [-0.15, -0.1) is 5.10 Å². The molecule has 8 nitrogen and oxygen atoms in total. The van der Waals surface area contributed by atoms with Crippen molar-refractivity contribution in [1.29, 1.82) is 0 Å². The van der Waals surface area contributed by atoms with Crippen LogP contribution in [0.1, 0.15) is 5.56 Å². The van der Waals surface area contributed by atoms with E-state index in [0.29, 0.717) is 17.1 Å². The second-order valence-electron chi connectivity index (χ2n) is 3.51. The summed E-state index contributed by atoms with van der Waals surface area (Å²) in [5, 5.41) is 7.17. The number of methoxy groups -OCH3 is 2. The SMILES string of the molecule is COC(=O)COc1c(/C=N\N=C(N)N)cccc1OC. The molecule has 1 aromatic carbocycles. The summed E-state index contributed by atoms with van der Waals surface area (Å²) in [6.45, 7) is -0.250. The second-order valence-corrected chi connectivity index (χ2v) is 3.51. The number of carbonyl (C=O) groups excluding carboxylic acids is 1. The molecule has 0 bridgehead atoms. The van der Waals surface area contributed by atoms with Gasteiger partial charge in [-0.3, -0.25) is 0 Å². The van der Waals surface area contributed by atoms with Crippen molar-refractivity contribution >= 4 is 18.1 Å². The van der Waals surface area contributed by atoms with Gasteiger partial charge in [-0.25, -0.2) is 4.79 Å². The molecule has 0 saturated heterocycles. The minimum atomic E-state index is -0.511. The molecule has 0 aliphatic heterocycles. The van der Waals surface area contributed by atoms with E-state index in [1.807, 2.05) is 0 Å². The van der Waals surface area contributed by atoms with Crippen LogP contribution >= 0.6 is 0 Å². The van der Waals surface area contributed by atoms with Crippen LogP contribution in [-0.4, -0.2) is 39.0 Å². The highest BCUT2D eigenvalue weighted by Gasteiger charge is 2.11. The maximum atomic E-state index is 11.1. The highest BCUT2D eigenvalue weighted by molar-refractivity contribution is 5.86. The molecule has 0 aliphatic carbocycles. The minimum absolute atomic E-state index is 0.166. The molecular weight excluding hydrogens is 264 g/mol. The van der Waals surface area contributed by atoms with Crippen molar-refractivity contribution < 1.29 is 19.0 Å². The molecule has 0 heterocycles. The Morgan fingerprint density at radius 1 is 1.35 bits per heavy atom. The van der Waals surface area contributed by atoms with Gasteiger partial charge in [0.05, 0.1) is 20.4 Å². The van der Waals surface area contributed by atoms with Gasteiger partial charge < -0.3 is 25.7 Å². The highest BCUT2D eigenvalue weighted by Crippen LogP contribution is 2.30. The van der Waals surface area contributed by atoms with Gasteiger partial charge in [0.2, 0.25) is 5.96 Å². The molecule has 8 heteroatoms. The van der Waals surface area contributed by atoms with E-state index in [0.717, 1.165) is 0 Å². The third kappa shape index (κ3) is 4.48. The molecule has 0 atom stereocenters. The van der Waals surface area contributed by atoms with E-state index in [1.165, 1.54) is 20.4 Å². The van der Waals surface area contributed by atoms with Crippen LogP contribution in [0.5, 0.6) is 11.5 Å². The number of esters is 1. The number of hydrogen-bond donors (Lipinski definition) is 2. The summed E-state index contributed by atoms with van der Waals surface area (Å²) < 4.78 is 15.0. The molecule has 108 valence electrons. The fourth-order valence-electron chi connectivity index (χ4n) is 1.30. The lowest BCUT2D eigenvalue weighted by Crippen LogP contribution is -2.21. The second kappa shape index (κ2) is 7.62. The average molecular weight is 280 g/mol. The Bertz CT molecular complexity index is 524. The fraction of sp³-hybridized carbons (Fsp3) is 0.250. The molecule has 0 radical (unpaired) electrons. The Morgan fingerprint density at radius 2 is 2.10 bits per heavy atom. The van der Waals surface area contributed by atoms with E-state index in [-0.39, 0.29) is 12.6 Å². The zero-order valence-corrected chi connectivity index (χ0v) is 11.2. The van der Waals surface area contributed by atoms with E-state index in [9.17, 15) is 4.79 Å². The fourth-order valence-corrected chi connectivity index (χ4v) is 1.30. The van der Waals surface area contributed by atoms with Gasteiger partial charge in [0.15, 0.2) is 18.1 Å². The molecule has 0 fully saturated rings. The zero-order valence-electron chi connectivity index (χ0n) is 11.2. The monoisotopic (exact) mass is 280 g/mol. The quantitative estimate of drug-likeness (QED) is 0.323. The average Bonchev–Trinajstić information content (AvgIpc) is 2.44. The summed E-state index contributed by atoms with van der Waals surface area (Å²) in [5.74, 6) is 0.113. The number of rotatable bonds is 6. The van der Waals surface area contributed by atoms with E-state index >= 15 is 0 Å². The van der Waals surface area contributed by atoms with Crippen LogP contribution in [0.25, 0.3) is 0 Å². The number of para-hydroxylation sites is 1. The number of ether oxygens (including phenoxy) is 3. The summed E-state index contributed by atoms with van der Waals surface area (Å²) in [6.07, 6.45) is 1.38. The maximum Gasteiger partial charge on any atom is 0.343 e. The molecule has 1 rings (SSSR count). The normalized spacial score (nSPS) is 10.1. The summed E-state index contributed by atoms with van der Waals surface area (Å²) in [4.78, 5) is 11.1. The molecule has 20 heavy (non-hydrogen) atoms. The lowest BCUT2D eigenvalue weighted by molar-refractivity contribution is -0.142. The van der Waals surface area contributed by atoms with Crippen molar-refractivity contribution in [3.63, 3.8) is 0 Å². The highest BCUT2D eigenvalue weighted by atomic mass is 16.6. The van der Waals surface area contributed by atoms with Gasteiger partial charge >= 0.3 is 5.97 Å². The Kier molecular flexibility index (Phi) is 5.82. The Morgan fingerprint density at radius 3 is 2.70 bits per heavy atom. The number of nitrogens with two attached hydrogens (primary N) is 2. The van der Waals surface area contributed by atoms with Crippen LogP contribution in [-0.2, 0) is 9.53 Å². The summed E-state index contributed by atoms with van der Waals surface area (Å²) in [6, 6.07) is 5.13. The van der Waals surface area contributed by atoms with Crippen molar-refractivity contribution in [3.05, 3.63) is 23.8 Å². The van der Waals surface area contributed by atoms with Crippen molar-refractivity contribution in [2.24, 2.45) is 21.7 Å². The largest absolute Gasteiger partial charge is 0.493 e. The van der Waals surface area contributed by atoms with Gasteiger partial charge in [0.25, 0.3) is 0 Å². The van der Waals surface area contributed by atoms with Crippen LogP contribution in [0.4, 0.5) is 0 Å². The third-order valence-corrected chi connectivity index (χ3v) is 2.16. The standard InChI is InChI=1S/C12H16N4O4/c1-18-9-5-3-4-8(6-15-16-12(13)14)11(9)20-7-10(17)19-2/h3-6H,7H2,1-2H3,(H4,13,14,16)/b15-6-. The number of guanidine groups is 1. The van der Waals surface area contributed by atoms with Crippen molar-refractivity contribution in [2.75, 3.05) is 20.8 Å². The number of benzene rings is 1. The molecule has 4 N–H and O–H groups in total. The molecule has 0 aromatic heterocycles. The van der Waals surface area contributed by atoms with Crippen molar-refractivity contribution in [2.45, 2.75) is 0 Å². The first-order chi connectivity index (χ1) is 9.58. The summed E-state index contributed by atoms with van der Waals surface area (Å²) in [7, 11) is 2.76. The van der Waals surface area contributed by atoms with Gasteiger partial charge in [-0.1, -0.05) is 6.07 Å². The van der Waals surface area contributed by atoms with Crippen LogP contribution < -0.4 is 20.9 Å². The molecule has 0 spiro atoms. The molecular formula is C12H16N4O4. The van der Waals surface area contributed by atoms with Gasteiger partial charge in [-0.05, 0) is 12.1 Å². The number of carbonyl (C=O) groups is 1. The van der Waals surface area contributed by atoms with Crippen LogP contribution in [0, 0.1) is 0 Å². The predicted molar refractivity (Wildman–Crippen MR) is 73.9 cm³/mol. The first-order valence-electron chi connectivity index (χ1n) is 5.57. The minimum Gasteiger partial charge on any atom is -0.493 e. The molecule has 0 saturated carbocycles. The molecule has 0 aliphatic rings. The van der Waals surface area contributed by atoms with Gasteiger partial charge in [0, 0.05) is 5.56 Å². The first-order valence-corrected chi connectivity index (χ1v) is 5.57. The van der Waals surface area contributed by atoms with Crippen LogP contribution in [0.2, 0.25) is 0 Å². The number of nitrogens with zero attached hydrogens (tertiary/aromatic N) is 2. The molecule has 0 unspecified atom stereocenters. The van der Waals surface area contributed by atoms with E-state index in [2.05, 4.69) is 14.9 Å². The van der Waals surface area contributed by atoms with Gasteiger partial charge in [-0.2, -0.15) is 5.10 Å². The van der Waals surface area contributed by atoms with E-state index < -0.39 is 5.97 Å². The van der Waals surface area contributed by atoms with Crippen molar-refractivity contribution in [3.8, 4) is 11.5 Å².